The number of halogens is 2. The van der Waals surface area contributed by atoms with Crippen molar-refractivity contribution in [2.45, 2.75) is 12.5 Å². The Bertz CT molecular complexity index is 1210. The van der Waals surface area contributed by atoms with Gasteiger partial charge in [0.05, 0.1) is 16.0 Å². The van der Waals surface area contributed by atoms with E-state index in [1.165, 1.54) is 35.6 Å². The summed E-state index contributed by atoms with van der Waals surface area (Å²) in [7, 11) is 0. The van der Waals surface area contributed by atoms with Gasteiger partial charge in [-0.25, -0.2) is 13.8 Å². The third-order valence-corrected chi connectivity index (χ3v) is 5.97. The van der Waals surface area contributed by atoms with Gasteiger partial charge >= 0.3 is 0 Å². The predicted molar refractivity (Wildman–Crippen MR) is 121 cm³/mol. The van der Waals surface area contributed by atoms with E-state index in [1.807, 2.05) is 18.2 Å². The van der Waals surface area contributed by atoms with Gasteiger partial charge in [0, 0.05) is 37.1 Å². The molecule has 1 atom stereocenters. The summed E-state index contributed by atoms with van der Waals surface area (Å²) >= 11 is 1.23. The number of nitrogens with two attached hydrogens (primary N) is 1. The van der Waals surface area contributed by atoms with Gasteiger partial charge in [-0.15, -0.1) is 11.3 Å². The van der Waals surface area contributed by atoms with Crippen LogP contribution in [0.5, 0.6) is 0 Å². The van der Waals surface area contributed by atoms with Crippen molar-refractivity contribution in [1.29, 1.82) is 0 Å². The van der Waals surface area contributed by atoms with Gasteiger partial charge in [-0.3, -0.25) is 9.78 Å². The van der Waals surface area contributed by atoms with Gasteiger partial charge in [0.1, 0.15) is 16.6 Å². The number of hydrogen-bond donors (Lipinski definition) is 2. The molecule has 8 heteroatoms. The number of benzene rings is 2. The van der Waals surface area contributed by atoms with Gasteiger partial charge in [-0.1, -0.05) is 24.3 Å². The van der Waals surface area contributed by atoms with E-state index in [0.717, 1.165) is 16.1 Å². The van der Waals surface area contributed by atoms with Crippen molar-refractivity contribution in [1.82, 2.24) is 15.3 Å². The van der Waals surface area contributed by atoms with Gasteiger partial charge < -0.3 is 11.1 Å². The number of pyridine rings is 1. The summed E-state index contributed by atoms with van der Waals surface area (Å²) in [5.74, 6) is -1.33. The second kappa shape index (κ2) is 9.76. The minimum atomic E-state index is -0.549. The molecule has 0 fully saturated rings. The van der Waals surface area contributed by atoms with Crippen LogP contribution in [0.4, 0.5) is 8.78 Å². The first-order chi connectivity index (χ1) is 15.5. The lowest BCUT2D eigenvalue weighted by atomic mass is 10.0. The smallest absolute Gasteiger partial charge is 0.252 e. The number of nitrogens with one attached hydrogen (secondary N) is 1. The normalized spacial score (nSPS) is 11.8. The Morgan fingerprint density at radius 1 is 1.03 bits per heavy atom. The maximum Gasteiger partial charge on any atom is 0.252 e. The minimum Gasteiger partial charge on any atom is -0.348 e. The van der Waals surface area contributed by atoms with E-state index in [1.54, 1.807) is 30.6 Å². The van der Waals surface area contributed by atoms with E-state index in [-0.39, 0.29) is 29.5 Å². The van der Waals surface area contributed by atoms with Crippen LogP contribution in [-0.4, -0.2) is 28.5 Å². The number of hydrogen-bond acceptors (Lipinski definition) is 5. The van der Waals surface area contributed by atoms with Crippen molar-refractivity contribution in [2.75, 3.05) is 6.54 Å². The zero-order valence-corrected chi connectivity index (χ0v) is 17.8. The highest BCUT2D eigenvalue weighted by molar-refractivity contribution is 7.18. The number of nitrogens with zero attached hydrogens (tertiary/aromatic N) is 2. The molecule has 0 saturated carbocycles. The molecule has 0 radical (unpaired) electrons. The molecule has 3 N–H and O–H groups in total. The minimum absolute atomic E-state index is 0.122. The van der Waals surface area contributed by atoms with E-state index in [9.17, 15) is 13.6 Å². The van der Waals surface area contributed by atoms with Crippen LogP contribution in [-0.2, 0) is 6.42 Å². The molecule has 4 aromatic rings. The van der Waals surface area contributed by atoms with Gasteiger partial charge in [0.25, 0.3) is 5.91 Å². The van der Waals surface area contributed by atoms with Crippen molar-refractivity contribution in [2.24, 2.45) is 5.73 Å². The molecule has 1 amide bonds. The molecule has 162 valence electrons. The number of carbonyl (C=O) groups is 1. The molecule has 0 aliphatic heterocycles. The molecule has 4 rings (SSSR count). The van der Waals surface area contributed by atoms with Crippen molar-refractivity contribution in [3.8, 4) is 21.0 Å². The molecule has 0 aliphatic rings. The highest BCUT2D eigenvalue weighted by Crippen LogP contribution is 2.35. The molecule has 0 bridgehead atoms. The van der Waals surface area contributed by atoms with E-state index < -0.39 is 11.7 Å². The molecule has 32 heavy (non-hydrogen) atoms. The summed E-state index contributed by atoms with van der Waals surface area (Å²) < 4.78 is 28.0. The summed E-state index contributed by atoms with van der Waals surface area (Å²) in [6.07, 6.45) is 3.72. The van der Waals surface area contributed by atoms with E-state index in [4.69, 9.17) is 5.73 Å². The molecule has 2 heterocycles. The van der Waals surface area contributed by atoms with Crippen LogP contribution in [0, 0.1) is 11.6 Å². The van der Waals surface area contributed by atoms with E-state index in [2.05, 4.69) is 15.3 Å². The maximum atomic E-state index is 14.8. The molecule has 0 spiro atoms. The number of rotatable bonds is 7. The average Bonchev–Trinajstić information content (AvgIpc) is 3.29. The van der Waals surface area contributed by atoms with Gasteiger partial charge in [-0.2, -0.15) is 0 Å². The van der Waals surface area contributed by atoms with Crippen LogP contribution >= 0.6 is 11.3 Å². The van der Waals surface area contributed by atoms with Crippen LogP contribution in [0.15, 0.2) is 73.1 Å². The lowest BCUT2D eigenvalue weighted by Crippen LogP contribution is -2.42. The first-order valence-corrected chi connectivity index (χ1v) is 10.8. The zero-order valence-electron chi connectivity index (χ0n) is 17.0. The summed E-state index contributed by atoms with van der Waals surface area (Å²) in [6.45, 7) is 0.207. The summed E-state index contributed by atoms with van der Waals surface area (Å²) in [5.41, 5.74) is 7.70. The van der Waals surface area contributed by atoms with Crippen LogP contribution in [0.2, 0.25) is 0 Å². The van der Waals surface area contributed by atoms with Crippen molar-refractivity contribution >= 4 is 17.2 Å². The van der Waals surface area contributed by atoms with Gasteiger partial charge in [-0.05, 0) is 42.0 Å². The molecule has 0 saturated heterocycles. The quantitative estimate of drug-likeness (QED) is 0.436. The lowest BCUT2D eigenvalue weighted by Gasteiger charge is -2.17. The second-order valence-corrected chi connectivity index (χ2v) is 8.16. The largest absolute Gasteiger partial charge is 0.348 e. The summed E-state index contributed by atoms with van der Waals surface area (Å²) in [5, 5.41) is 3.24. The van der Waals surface area contributed by atoms with Crippen LogP contribution < -0.4 is 11.1 Å². The topological polar surface area (TPSA) is 80.9 Å². The number of thiazole rings is 1. The van der Waals surface area contributed by atoms with Crippen molar-refractivity contribution in [3.63, 3.8) is 0 Å². The Balaban J connectivity index is 1.60. The first kappa shape index (κ1) is 21.7. The van der Waals surface area contributed by atoms with Crippen LogP contribution in [0.1, 0.15) is 16.1 Å². The molecular formula is C24H20F2N4OS. The average molecular weight is 451 g/mol. The highest BCUT2D eigenvalue weighted by atomic mass is 32.1. The Morgan fingerprint density at radius 2 is 1.84 bits per heavy atom. The number of amides is 1. The SMILES string of the molecule is NC[C@@H](Cc1ccccn1)NC(=O)c1cccc(F)c1-c1ncc(-c2ccc(F)cc2)s1. The fourth-order valence-corrected chi connectivity index (χ4v) is 4.28. The Morgan fingerprint density at radius 3 is 2.56 bits per heavy atom. The van der Waals surface area contributed by atoms with Crippen molar-refractivity contribution < 1.29 is 13.6 Å². The fourth-order valence-electron chi connectivity index (χ4n) is 3.30. The number of carbonyl (C=O) groups excluding carboxylic acids is 1. The molecule has 5 nitrogen and oxygen atoms in total. The third-order valence-electron chi connectivity index (χ3n) is 4.91. The van der Waals surface area contributed by atoms with Crippen molar-refractivity contribution in [3.05, 3.63) is 95.9 Å². The Hall–Kier alpha value is -3.49. The standard InChI is InChI=1S/C24H20F2N4OS/c25-16-9-7-15(8-10-16)21-14-29-24(32-21)22-19(5-3-6-20(22)26)23(31)30-18(13-27)12-17-4-1-2-11-28-17/h1-11,14,18H,12-13,27H2,(H,30,31)/t18-/m1/s1. The van der Waals surface area contributed by atoms with E-state index in [0.29, 0.717) is 11.4 Å². The monoisotopic (exact) mass is 450 g/mol. The fraction of sp³-hybridized carbons (Fsp3) is 0.125. The second-order valence-electron chi connectivity index (χ2n) is 7.13. The molecule has 0 unspecified atom stereocenters. The molecule has 0 aliphatic carbocycles. The first-order valence-electron chi connectivity index (χ1n) is 9.96. The highest BCUT2D eigenvalue weighted by Gasteiger charge is 2.22. The maximum absolute atomic E-state index is 14.8. The molecule has 2 aromatic heterocycles. The summed E-state index contributed by atoms with van der Waals surface area (Å²) in [6, 6.07) is 15.5. The Labute approximate surface area is 188 Å². The zero-order chi connectivity index (χ0) is 22.5. The Kier molecular flexibility index (Phi) is 6.63. The number of aromatic nitrogens is 2. The molecular weight excluding hydrogens is 430 g/mol. The van der Waals surface area contributed by atoms with Crippen LogP contribution in [0.25, 0.3) is 21.0 Å². The van der Waals surface area contributed by atoms with E-state index >= 15 is 0 Å². The molecule has 2 aromatic carbocycles. The lowest BCUT2D eigenvalue weighted by molar-refractivity contribution is 0.0938. The van der Waals surface area contributed by atoms with Gasteiger partial charge in [0.2, 0.25) is 0 Å². The summed E-state index contributed by atoms with van der Waals surface area (Å²) in [4.78, 5) is 22.4. The van der Waals surface area contributed by atoms with Gasteiger partial charge in [0.15, 0.2) is 0 Å². The van der Waals surface area contributed by atoms with Crippen LogP contribution in [0.3, 0.4) is 0 Å². The third kappa shape index (κ3) is 4.87. The predicted octanol–water partition coefficient (Wildman–Crippen LogP) is 4.45.